The van der Waals surface area contributed by atoms with Crippen molar-refractivity contribution in [3.05, 3.63) is 61.2 Å². The van der Waals surface area contributed by atoms with Crippen LogP contribution in [0.1, 0.15) is 55.5 Å². The Morgan fingerprint density at radius 2 is 1.57 bits per heavy atom. The van der Waals surface area contributed by atoms with E-state index < -0.39 is 70.2 Å². The van der Waals surface area contributed by atoms with Gasteiger partial charge in [-0.3, -0.25) is 38.9 Å². The highest BCUT2D eigenvalue weighted by atomic mass is 127. The molecule has 3 rings (SSSR count). The van der Waals surface area contributed by atoms with Crippen molar-refractivity contribution < 1.29 is 38.8 Å². The summed E-state index contributed by atoms with van der Waals surface area (Å²) < 4.78 is 0.258. The lowest BCUT2D eigenvalue weighted by Crippen LogP contribution is -2.58. The lowest BCUT2D eigenvalue weighted by atomic mass is 10.00. The smallest absolute Gasteiger partial charge is 0.271 e. The van der Waals surface area contributed by atoms with E-state index in [1.54, 1.807) is 22.6 Å². The lowest BCUT2D eigenvalue weighted by molar-refractivity contribution is -0.385. The highest BCUT2D eigenvalue weighted by molar-refractivity contribution is 14.1. The molecule has 18 heteroatoms. The van der Waals surface area contributed by atoms with Crippen molar-refractivity contribution in [1.29, 1.82) is 0 Å². The lowest BCUT2D eigenvalue weighted by Gasteiger charge is -2.27. The molecule has 0 fully saturated rings. The number of aromatic hydroxyl groups is 1. The van der Waals surface area contributed by atoms with Gasteiger partial charge in [-0.2, -0.15) is 0 Å². The summed E-state index contributed by atoms with van der Waals surface area (Å²) in [6.45, 7) is 3.61. The number of phenolic OH excluding ortho intramolecular Hbond substituents is 1. The van der Waals surface area contributed by atoms with Gasteiger partial charge in [-0.05, 0) is 65.5 Å². The third-order valence-corrected chi connectivity index (χ3v) is 8.43. The first-order chi connectivity index (χ1) is 23.0. The number of primary amides is 2. The summed E-state index contributed by atoms with van der Waals surface area (Å²) in [5.41, 5.74) is 10.9. The van der Waals surface area contributed by atoms with Crippen LogP contribution in [0.3, 0.4) is 0 Å². The Kier molecular flexibility index (Phi) is 13.7. The molecule has 49 heavy (non-hydrogen) atoms. The SMILES string of the molecule is CC(C)CC1NC(=O)C(Cc2ccc(O)cc2)NC(=O)C(CCC(N)=O)NC(=O)c2cc([N+](=O)[O-])cc(I)c2NCCC(C(N)=O)NC1=O. The summed E-state index contributed by atoms with van der Waals surface area (Å²) in [4.78, 5) is 89.8. The van der Waals surface area contributed by atoms with Crippen LogP contribution in [0.4, 0.5) is 11.4 Å². The van der Waals surface area contributed by atoms with Crippen LogP contribution >= 0.6 is 22.6 Å². The van der Waals surface area contributed by atoms with Crippen LogP contribution in [-0.2, 0) is 30.4 Å². The molecule has 17 nitrogen and oxygen atoms in total. The standard InChI is InChI=1S/C31H39IN8O9/c1-15(2)11-23-30(46)36-21(27(34)43)9-10-35-26-19(13-17(40(48)49)14-20(26)32)28(44)37-22(7-8-25(33)42)29(45)39-24(31(47)38-23)12-16-3-5-18(41)6-4-16/h3-6,13-15,21-24,35,41H,7-12H2,1-2H3,(H2,33,42)(H2,34,43)(H,36,46)(H,37,44)(H,38,47)(H,39,45). The van der Waals surface area contributed by atoms with Gasteiger partial charge in [0.1, 0.15) is 29.9 Å². The van der Waals surface area contributed by atoms with Crippen molar-refractivity contribution in [3.8, 4) is 5.75 Å². The van der Waals surface area contributed by atoms with E-state index >= 15 is 0 Å². The molecule has 264 valence electrons. The van der Waals surface area contributed by atoms with Crippen molar-refractivity contribution in [2.75, 3.05) is 11.9 Å². The minimum absolute atomic E-state index is 0.0382. The highest BCUT2D eigenvalue weighted by Crippen LogP contribution is 2.29. The van der Waals surface area contributed by atoms with E-state index in [9.17, 15) is 44.0 Å². The number of fused-ring (bicyclic) bond motifs is 1. The predicted octanol–water partition coefficient (Wildman–Crippen LogP) is 0.313. The average Bonchev–Trinajstić information content (AvgIpc) is 3.02. The number of nitrogens with two attached hydrogens (primary N) is 2. The molecule has 0 saturated carbocycles. The largest absolute Gasteiger partial charge is 0.508 e. The molecule has 4 unspecified atom stereocenters. The van der Waals surface area contributed by atoms with Gasteiger partial charge in [0.2, 0.25) is 29.5 Å². The van der Waals surface area contributed by atoms with Gasteiger partial charge in [0, 0.05) is 35.1 Å². The Morgan fingerprint density at radius 1 is 0.959 bits per heavy atom. The summed E-state index contributed by atoms with van der Waals surface area (Å²) in [5, 5.41) is 34.7. The summed E-state index contributed by atoms with van der Waals surface area (Å²) in [7, 11) is 0. The van der Waals surface area contributed by atoms with Gasteiger partial charge in [-0.25, -0.2) is 0 Å². The van der Waals surface area contributed by atoms with Gasteiger partial charge in [0.15, 0.2) is 0 Å². The first kappa shape index (κ1) is 38.4. The maximum absolute atomic E-state index is 13.8. The number of phenols is 1. The molecule has 1 aliphatic heterocycles. The van der Waals surface area contributed by atoms with Gasteiger partial charge in [0.25, 0.3) is 11.6 Å². The minimum atomic E-state index is -1.44. The van der Waals surface area contributed by atoms with Crippen molar-refractivity contribution in [1.82, 2.24) is 21.3 Å². The second-order valence-corrected chi connectivity index (χ2v) is 13.1. The number of nitro groups is 1. The number of nitrogens with zero attached hydrogens (tertiary/aromatic N) is 1. The number of halogens is 1. The Balaban J connectivity index is 2.14. The maximum Gasteiger partial charge on any atom is 0.271 e. The molecule has 0 radical (unpaired) electrons. The van der Waals surface area contributed by atoms with Gasteiger partial charge in [0.05, 0.1) is 16.2 Å². The van der Waals surface area contributed by atoms with Crippen LogP contribution in [0.25, 0.3) is 0 Å². The minimum Gasteiger partial charge on any atom is -0.508 e. The van der Waals surface area contributed by atoms with Crippen LogP contribution < -0.4 is 38.1 Å². The molecule has 6 amide bonds. The monoisotopic (exact) mass is 794 g/mol. The maximum atomic E-state index is 13.8. The van der Waals surface area contributed by atoms with Crippen molar-refractivity contribution in [2.45, 2.75) is 70.1 Å². The molecular formula is C31H39IN8O9. The Labute approximate surface area is 295 Å². The normalized spacial score (nSPS) is 20.8. The molecular weight excluding hydrogens is 755 g/mol. The van der Waals surface area contributed by atoms with E-state index in [0.717, 1.165) is 6.07 Å². The number of nitrogens with one attached hydrogen (secondary N) is 5. The number of hydrogen-bond donors (Lipinski definition) is 8. The first-order valence-electron chi connectivity index (χ1n) is 15.3. The average molecular weight is 795 g/mol. The fourth-order valence-electron chi connectivity index (χ4n) is 5.07. The number of hydrogen-bond acceptors (Lipinski definition) is 10. The molecule has 0 spiro atoms. The number of carbonyl (C=O) groups excluding carboxylic acids is 6. The quantitative estimate of drug-likeness (QED) is 0.0978. The van der Waals surface area contributed by atoms with E-state index in [4.69, 9.17) is 11.5 Å². The molecule has 0 saturated heterocycles. The second kappa shape index (κ2) is 17.4. The fraction of sp³-hybridized carbons (Fsp3) is 0.419. The summed E-state index contributed by atoms with van der Waals surface area (Å²) in [6, 6.07) is 2.90. The number of anilines is 1. The predicted molar refractivity (Wildman–Crippen MR) is 185 cm³/mol. The highest BCUT2D eigenvalue weighted by Gasteiger charge is 2.33. The zero-order chi connectivity index (χ0) is 36.4. The molecule has 2 aromatic rings. The van der Waals surface area contributed by atoms with E-state index in [2.05, 4.69) is 26.6 Å². The Hall–Kier alpha value is -5.01. The van der Waals surface area contributed by atoms with Crippen LogP contribution in [0.15, 0.2) is 36.4 Å². The van der Waals surface area contributed by atoms with Crippen molar-refractivity contribution in [2.24, 2.45) is 17.4 Å². The number of non-ortho nitro benzene ring substituents is 1. The topological polar surface area (TPSA) is 278 Å². The van der Waals surface area contributed by atoms with Gasteiger partial charge in [-0.15, -0.1) is 0 Å². The third-order valence-electron chi connectivity index (χ3n) is 7.58. The molecule has 1 aliphatic rings. The summed E-state index contributed by atoms with van der Waals surface area (Å²) in [6.07, 6.45) is -0.652. The molecule has 0 bridgehead atoms. The Bertz CT molecular complexity index is 1600. The molecule has 4 atom stereocenters. The van der Waals surface area contributed by atoms with Crippen LogP contribution in [0.2, 0.25) is 0 Å². The number of nitro benzene ring substituents is 1. The third kappa shape index (κ3) is 11.3. The molecule has 0 aromatic heterocycles. The van der Waals surface area contributed by atoms with Gasteiger partial charge in [-0.1, -0.05) is 26.0 Å². The summed E-state index contributed by atoms with van der Waals surface area (Å²) >= 11 is 1.79. The van der Waals surface area contributed by atoms with Crippen molar-refractivity contribution in [3.63, 3.8) is 0 Å². The van der Waals surface area contributed by atoms with Crippen LogP contribution in [0, 0.1) is 19.6 Å². The van der Waals surface area contributed by atoms with E-state index in [1.165, 1.54) is 30.3 Å². The van der Waals surface area contributed by atoms with E-state index in [0.29, 0.717) is 5.56 Å². The number of carbonyl (C=O) groups is 6. The molecule has 2 aromatic carbocycles. The zero-order valence-corrected chi connectivity index (χ0v) is 28.9. The fourth-order valence-corrected chi connectivity index (χ4v) is 5.87. The summed E-state index contributed by atoms with van der Waals surface area (Å²) in [5.74, 6) is -5.06. The van der Waals surface area contributed by atoms with E-state index in [1.807, 2.05) is 13.8 Å². The first-order valence-corrected chi connectivity index (χ1v) is 16.4. The second-order valence-electron chi connectivity index (χ2n) is 11.9. The molecule has 10 N–H and O–H groups in total. The molecule has 1 heterocycles. The number of amides is 6. The van der Waals surface area contributed by atoms with Gasteiger partial charge >= 0.3 is 0 Å². The van der Waals surface area contributed by atoms with Crippen LogP contribution in [0.5, 0.6) is 5.75 Å². The van der Waals surface area contributed by atoms with Crippen molar-refractivity contribution >= 4 is 69.4 Å². The zero-order valence-electron chi connectivity index (χ0n) is 26.8. The Morgan fingerprint density at radius 3 is 2.16 bits per heavy atom. The van der Waals surface area contributed by atoms with Crippen LogP contribution in [-0.4, -0.2) is 76.2 Å². The van der Waals surface area contributed by atoms with Gasteiger partial charge < -0.3 is 43.2 Å². The number of rotatable bonds is 9. The molecule has 0 aliphatic carbocycles. The number of benzene rings is 2. The van der Waals surface area contributed by atoms with E-state index in [-0.39, 0.29) is 65.1 Å².